The van der Waals surface area contributed by atoms with E-state index in [1.165, 1.54) is 44.9 Å². The fourth-order valence-electron chi connectivity index (χ4n) is 4.34. The molecule has 0 aromatic carbocycles. The van der Waals surface area contributed by atoms with Crippen LogP contribution < -0.4 is 4.90 Å². The zero-order valence-electron chi connectivity index (χ0n) is 13.8. The zero-order chi connectivity index (χ0) is 15.6. The summed E-state index contributed by atoms with van der Waals surface area (Å²) in [6, 6.07) is 2.78. The van der Waals surface area contributed by atoms with Gasteiger partial charge in [-0.3, -0.25) is 0 Å². The number of aromatic nitrogens is 4. The van der Waals surface area contributed by atoms with Gasteiger partial charge in [-0.2, -0.15) is 14.6 Å². The van der Waals surface area contributed by atoms with E-state index < -0.39 is 0 Å². The molecule has 0 spiro atoms. The number of hydrogen-bond donors (Lipinski definition) is 0. The van der Waals surface area contributed by atoms with Crippen molar-refractivity contribution in [2.75, 3.05) is 18.6 Å². The minimum absolute atomic E-state index is 0.512. The molecule has 2 fully saturated rings. The van der Waals surface area contributed by atoms with E-state index in [4.69, 9.17) is 4.74 Å². The average Bonchev–Trinajstić information content (AvgIpc) is 2.94. The van der Waals surface area contributed by atoms with Crippen LogP contribution in [0.4, 0.5) is 5.82 Å². The zero-order valence-corrected chi connectivity index (χ0v) is 13.8. The van der Waals surface area contributed by atoms with Gasteiger partial charge in [-0.25, -0.2) is 4.98 Å². The van der Waals surface area contributed by atoms with Gasteiger partial charge in [0.15, 0.2) is 0 Å². The van der Waals surface area contributed by atoms with Gasteiger partial charge in [-0.05, 0) is 31.6 Å². The molecular weight excluding hydrogens is 290 g/mol. The Labute approximate surface area is 136 Å². The highest BCUT2D eigenvalue weighted by Gasteiger charge is 2.33. The highest BCUT2D eigenvalue weighted by molar-refractivity contribution is 5.48. The Bertz CT molecular complexity index is 670. The first-order valence-electron chi connectivity index (χ1n) is 8.82. The first-order valence-corrected chi connectivity index (χ1v) is 8.82. The molecule has 2 atom stereocenters. The lowest BCUT2D eigenvalue weighted by molar-refractivity contribution is 0.181. The number of ether oxygens (including phenoxy) is 1. The lowest BCUT2D eigenvalue weighted by Gasteiger charge is -2.39. The van der Waals surface area contributed by atoms with Gasteiger partial charge in [0.05, 0.1) is 12.3 Å². The molecule has 1 saturated heterocycles. The Morgan fingerprint density at radius 2 is 2.00 bits per heavy atom. The molecule has 1 saturated carbocycles. The maximum atomic E-state index is 5.29. The Morgan fingerprint density at radius 1 is 1.17 bits per heavy atom. The van der Waals surface area contributed by atoms with Crippen LogP contribution in [0, 0.1) is 5.92 Å². The van der Waals surface area contributed by atoms with Crippen LogP contribution in [-0.4, -0.2) is 39.3 Å². The largest absolute Gasteiger partial charge is 0.378 e. The van der Waals surface area contributed by atoms with Crippen LogP contribution >= 0.6 is 0 Å². The Hall–Kier alpha value is -1.69. The van der Waals surface area contributed by atoms with Crippen molar-refractivity contribution in [1.29, 1.82) is 0 Å². The summed E-state index contributed by atoms with van der Waals surface area (Å²) in [6.07, 6.45) is 11.0. The Kier molecular flexibility index (Phi) is 4.16. The topological polar surface area (TPSA) is 55.6 Å². The number of fused-ring (bicyclic) bond motifs is 2. The van der Waals surface area contributed by atoms with E-state index in [9.17, 15) is 0 Å². The van der Waals surface area contributed by atoms with Crippen LogP contribution in [0.2, 0.25) is 0 Å². The van der Waals surface area contributed by atoms with Crippen LogP contribution in [0.3, 0.4) is 0 Å². The molecule has 3 heterocycles. The Morgan fingerprint density at radius 3 is 2.87 bits per heavy atom. The number of nitrogens with zero attached hydrogens (tertiary/aromatic N) is 5. The third kappa shape index (κ3) is 2.80. The molecule has 2 aromatic heterocycles. The molecule has 6 heteroatoms. The van der Waals surface area contributed by atoms with Gasteiger partial charge in [0.25, 0.3) is 5.78 Å². The lowest BCUT2D eigenvalue weighted by atomic mass is 9.81. The van der Waals surface area contributed by atoms with Crippen molar-refractivity contribution in [2.45, 2.75) is 57.6 Å². The molecular formula is C17H25N5O. The second kappa shape index (κ2) is 6.43. The summed E-state index contributed by atoms with van der Waals surface area (Å²) in [5.41, 5.74) is 0.930. The molecule has 2 aliphatic rings. The molecule has 1 aliphatic heterocycles. The fourth-order valence-corrected chi connectivity index (χ4v) is 4.34. The van der Waals surface area contributed by atoms with Crippen molar-refractivity contribution >= 4 is 11.6 Å². The maximum absolute atomic E-state index is 5.29. The highest BCUT2D eigenvalue weighted by Crippen LogP contribution is 2.37. The van der Waals surface area contributed by atoms with Crippen LogP contribution in [-0.2, 0) is 11.3 Å². The molecule has 2 aromatic rings. The van der Waals surface area contributed by atoms with Crippen molar-refractivity contribution in [1.82, 2.24) is 19.6 Å². The second-order valence-electron chi connectivity index (χ2n) is 6.81. The van der Waals surface area contributed by atoms with Crippen molar-refractivity contribution in [2.24, 2.45) is 5.92 Å². The molecule has 1 aliphatic carbocycles. The normalized spacial score (nSPS) is 25.3. The fraction of sp³-hybridized carbons (Fsp3) is 0.706. The van der Waals surface area contributed by atoms with Gasteiger partial charge in [0.2, 0.25) is 0 Å². The van der Waals surface area contributed by atoms with Gasteiger partial charge in [0.1, 0.15) is 12.1 Å². The molecule has 0 radical (unpaired) electrons. The van der Waals surface area contributed by atoms with Gasteiger partial charge in [-0.1, -0.05) is 19.3 Å². The molecule has 2 unspecified atom stereocenters. The smallest absolute Gasteiger partial charge is 0.254 e. The molecule has 4 rings (SSSR count). The molecule has 23 heavy (non-hydrogen) atoms. The van der Waals surface area contributed by atoms with E-state index in [1.54, 1.807) is 13.4 Å². The summed E-state index contributed by atoms with van der Waals surface area (Å²) in [6.45, 7) is 1.62. The molecule has 0 amide bonds. The third-order valence-corrected chi connectivity index (χ3v) is 5.37. The summed E-state index contributed by atoms with van der Waals surface area (Å²) >= 11 is 0. The first kappa shape index (κ1) is 14.9. The van der Waals surface area contributed by atoms with Gasteiger partial charge in [-0.15, -0.1) is 0 Å². The van der Waals surface area contributed by atoms with Crippen molar-refractivity contribution in [3.63, 3.8) is 0 Å². The van der Waals surface area contributed by atoms with Crippen LogP contribution in [0.5, 0.6) is 0 Å². The standard InChI is InChI=1S/C17H25N5O/c1-23-11-14-10-16(22-17(20-14)18-12-19-22)21-9-5-4-7-13-6-2-3-8-15(13)21/h10,12-13,15H,2-9,11H2,1H3. The maximum Gasteiger partial charge on any atom is 0.254 e. The quantitative estimate of drug-likeness (QED) is 0.872. The van der Waals surface area contributed by atoms with E-state index >= 15 is 0 Å². The predicted molar refractivity (Wildman–Crippen MR) is 88.4 cm³/mol. The van der Waals surface area contributed by atoms with Crippen molar-refractivity contribution in [3.05, 3.63) is 18.1 Å². The van der Waals surface area contributed by atoms with E-state index in [0.717, 1.165) is 24.0 Å². The van der Waals surface area contributed by atoms with Gasteiger partial charge < -0.3 is 9.64 Å². The minimum atomic E-state index is 0.512. The highest BCUT2D eigenvalue weighted by atomic mass is 16.5. The summed E-state index contributed by atoms with van der Waals surface area (Å²) in [7, 11) is 1.71. The number of methoxy groups -OCH3 is 1. The molecule has 0 N–H and O–H groups in total. The van der Waals surface area contributed by atoms with E-state index in [-0.39, 0.29) is 0 Å². The number of hydrogen-bond acceptors (Lipinski definition) is 5. The summed E-state index contributed by atoms with van der Waals surface area (Å²) in [4.78, 5) is 11.4. The molecule has 0 bridgehead atoms. The van der Waals surface area contributed by atoms with E-state index in [0.29, 0.717) is 18.4 Å². The summed E-state index contributed by atoms with van der Waals surface area (Å²) in [5.74, 6) is 2.63. The lowest BCUT2D eigenvalue weighted by Crippen LogP contribution is -2.42. The number of anilines is 1. The SMILES string of the molecule is COCc1cc(N2CCCCC3CCCCC32)n2ncnc2n1. The summed E-state index contributed by atoms with van der Waals surface area (Å²) in [5, 5.41) is 4.42. The third-order valence-electron chi connectivity index (χ3n) is 5.37. The second-order valence-corrected chi connectivity index (χ2v) is 6.81. The minimum Gasteiger partial charge on any atom is -0.378 e. The van der Waals surface area contributed by atoms with E-state index in [1.807, 2.05) is 4.52 Å². The number of rotatable bonds is 3. The van der Waals surface area contributed by atoms with Crippen LogP contribution in [0.15, 0.2) is 12.4 Å². The predicted octanol–water partition coefficient (Wildman–Crippen LogP) is 2.82. The first-order chi connectivity index (χ1) is 11.4. The van der Waals surface area contributed by atoms with Crippen LogP contribution in [0.25, 0.3) is 5.78 Å². The van der Waals surface area contributed by atoms with Crippen molar-refractivity contribution < 1.29 is 4.74 Å². The molecule has 124 valence electrons. The van der Waals surface area contributed by atoms with Crippen molar-refractivity contribution in [3.8, 4) is 0 Å². The molecule has 6 nitrogen and oxygen atoms in total. The van der Waals surface area contributed by atoms with Gasteiger partial charge >= 0.3 is 0 Å². The summed E-state index contributed by atoms with van der Waals surface area (Å²) < 4.78 is 7.19. The monoisotopic (exact) mass is 315 g/mol. The van der Waals surface area contributed by atoms with Gasteiger partial charge in [0, 0.05) is 25.8 Å². The van der Waals surface area contributed by atoms with E-state index in [2.05, 4.69) is 26.0 Å². The Balaban J connectivity index is 1.77. The average molecular weight is 315 g/mol. The van der Waals surface area contributed by atoms with Crippen LogP contribution in [0.1, 0.15) is 50.6 Å².